The number of nitrogens with zero attached hydrogens (tertiary/aromatic N) is 3. The van der Waals surface area contributed by atoms with Crippen LogP contribution in [0.3, 0.4) is 0 Å². The predicted octanol–water partition coefficient (Wildman–Crippen LogP) is 16.8. The van der Waals surface area contributed by atoms with E-state index in [0.717, 1.165) is 113 Å². The molecule has 0 N–H and O–H groups in total. The van der Waals surface area contributed by atoms with Gasteiger partial charge in [0.25, 0.3) is 0 Å². The van der Waals surface area contributed by atoms with Crippen molar-refractivity contribution in [3.8, 4) is 78.3 Å². The standard InChI is InChI=1S/C71H49N3/c1-3-15-48-39-42-72-69(66(48)24-6-1)54-33-27-51(28-34-54)60-18-4-2-5-19-63(60)57-45-58(64-22-13-11-20-61(64)52-29-35-55(36-30-52)70-67-25-9-7-16-49(67)40-43-73-70)47-59(46-57)65-23-14-12-21-62(65)53-31-37-56(38-32-53)71-68-26-10-8-17-50(68)41-44-74-71/h1,3-5,7-47H,2,6H2. The fourth-order valence-corrected chi connectivity index (χ4v) is 10.8. The highest BCUT2D eigenvalue weighted by molar-refractivity contribution is 6.03. The summed E-state index contributed by atoms with van der Waals surface area (Å²) in [4.78, 5) is 14.6. The normalized spacial score (nSPS) is 13.0. The van der Waals surface area contributed by atoms with Gasteiger partial charge in [0.2, 0.25) is 0 Å². The number of hydrogen-bond acceptors (Lipinski definition) is 3. The third-order valence-corrected chi connectivity index (χ3v) is 14.5. The second-order valence-electron chi connectivity index (χ2n) is 18.9. The average molecular weight is 944 g/mol. The third-order valence-electron chi connectivity index (χ3n) is 14.5. The van der Waals surface area contributed by atoms with Gasteiger partial charge in [-0.15, -0.1) is 0 Å². The van der Waals surface area contributed by atoms with Crippen LogP contribution in [0.5, 0.6) is 0 Å². The fraction of sp³-hybridized carbons (Fsp3) is 0.0282. The highest BCUT2D eigenvalue weighted by Crippen LogP contribution is 2.42. The Morgan fingerprint density at radius 1 is 0.311 bits per heavy atom. The van der Waals surface area contributed by atoms with Gasteiger partial charge in [0.15, 0.2) is 0 Å². The third kappa shape index (κ3) is 8.51. The minimum atomic E-state index is 0.846. The summed E-state index contributed by atoms with van der Waals surface area (Å²) in [5.41, 5.74) is 20.1. The Kier molecular flexibility index (Phi) is 11.7. The van der Waals surface area contributed by atoms with E-state index in [1.807, 2.05) is 18.6 Å². The molecule has 0 saturated carbocycles. The van der Waals surface area contributed by atoms with Gasteiger partial charge in [-0.05, 0) is 132 Å². The first-order chi connectivity index (χ1) is 36.7. The second kappa shape index (κ2) is 19.6. The average Bonchev–Trinajstić information content (AvgIpc) is 3.89. The summed E-state index contributed by atoms with van der Waals surface area (Å²) in [6.45, 7) is 0. The van der Waals surface area contributed by atoms with E-state index >= 15 is 0 Å². The van der Waals surface area contributed by atoms with Crippen LogP contribution in [-0.4, -0.2) is 15.0 Å². The molecule has 3 nitrogen and oxygen atoms in total. The van der Waals surface area contributed by atoms with Gasteiger partial charge in [-0.2, -0.15) is 0 Å². The van der Waals surface area contributed by atoms with Gasteiger partial charge >= 0.3 is 0 Å². The van der Waals surface area contributed by atoms with Gasteiger partial charge in [-0.1, -0.05) is 218 Å². The van der Waals surface area contributed by atoms with E-state index in [-0.39, 0.29) is 0 Å². The molecule has 3 heterocycles. The van der Waals surface area contributed by atoms with Crippen molar-refractivity contribution in [2.24, 2.45) is 0 Å². The van der Waals surface area contributed by atoms with Gasteiger partial charge in [-0.25, -0.2) is 0 Å². The maximum absolute atomic E-state index is 4.89. The van der Waals surface area contributed by atoms with Crippen molar-refractivity contribution < 1.29 is 0 Å². The van der Waals surface area contributed by atoms with E-state index in [1.165, 1.54) is 32.4 Å². The zero-order valence-electron chi connectivity index (χ0n) is 40.7. The Morgan fingerprint density at radius 3 is 1.28 bits per heavy atom. The Balaban J connectivity index is 0.953. The van der Waals surface area contributed by atoms with Crippen LogP contribution in [0.15, 0.2) is 261 Å². The quantitative estimate of drug-likeness (QED) is 0.145. The van der Waals surface area contributed by atoms with Crippen molar-refractivity contribution in [1.82, 2.24) is 15.0 Å². The van der Waals surface area contributed by atoms with Crippen LogP contribution in [0.25, 0.3) is 123 Å². The van der Waals surface area contributed by atoms with Gasteiger partial charge < -0.3 is 0 Å². The lowest BCUT2D eigenvalue weighted by molar-refractivity contribution is 1.27. The summed E-state index contributed by atoms with van der Waals surface area (Å²) in [5.74, 6) is 0. The minimum absolute atomic E-state index is 0.846. The largest absolute Gasteiger partial charge is 0.256 e. The highest BCUT2D eigenvalue weighted by Gasteiger charge is 2.18. The van der Waals surface area contributed by atoms with Crippen LogP contribution in [0.2, 0.25) is 0 Å². The Bertz CT molecular complexity index is 4020. The molecule has 74 heavy (non-hydrogen) atoms. The van der Waals surface area contributed by atoms with E-state index < -0.39 is 0 Å². The van der Waals surface area contributed by atoms with Crippen LogP contribution in [0.4, 0.5) is 0 Å². The molecule has 2 aliphatic rings. The first-order valence-corrected chi connectivity index (χ1v) is 25.4. The molecule has 0 bridgehead atoms. The summed E-state index contributed by atoms with van der Waals surface area (Å²) in [6.07, 6.45) is 25.4. The van der Waals surface area contributed by atoms with Gasteiger partial charge in [0.1, 0.15) is 0 Å². The van der Waals surface area contributed by atoms with Crippen molar-refractivity contribution >= 4 is 44.8 Å². The molecule has 3 aromatic heterocycles. The molecule has 0 spiro atoms. The molecule has 11 aromatic rings. The number of benzene rings is 8. The SMILES string of the molecule is C1=CCC=c2c(-c3ccc(C4=C(c5cc(-c6ccccc6-c6ccc(-c7nccc8ccccc78)cc6)cc(-c6ccccc6-c6ccc(-c7nccc8ccccc78)cc6)c5)C=CCC=C4)cc3)nccc2=C1. The molecule has 0 aliphatic heterocycles. The van der Waals surface area contributed by atoms with Crippen molar-refractivity contribution in [3.05, 3.63) is 283 Å². The van der Waals surface area contributed by atoms with Gasteiger partial charge in [-0.3, -0.25) is 15.0 Å². The first kappa shape index (κ1) is 44.4. The van der Waals surface area contributed by atoms with Crippen LogP contribution >= 0.6 is 0 Å². The molecule has 0 unspecified atom stereocenters. The summed E-state index contributed by atoms with van der Waals surface area (Å²) in [6, 6.07) is 74.8. The molecule has 0 amide bonds. The number of hydrogen-bond donors (Lipinski definition) is 0. The zero-order valence-corrected chi connectivity index (χ0v) is 40.7. The maximum atomic E-state index is 4.89. The Labute approximate surface area is 431 Å². The molecule has 0 saturated heterocycles. The number of pyridine rings is 3. The van der Waals surface area contributed by atoms with E-state index in [2.05, 4.69) is 255 Å². The van der Waals surface area contributed by atoms with Crippen molar-refractivity contribution in [1.29, 1.82) is 0 Å². The van der Waals surface area contributed by atoms with Crippen LogP contribution in [-0.2, 0) is 0 Å². The fourth-order valence-electron chi connectivity index (χ4n) is 10.8. The van der Waals surface area contributed by atoms with Crippen molar-refractivity contribution in [2.75, 3.05) is 0 Å². The van der Waals surface area contributed by atoms with Crippen LogP contribution in [0, 0.1) is 0 Å². The topological polar surface area (TPSA) is 38.7 Å². The lowest BCUT2D eigenvalue weighted by Gasteiger charge is -2.18. The maximum Gasteiger partial charge on any atom is 0.0780 e. The summed E-state index contributed by atoms with van der Waals surface area (Å²) in [5, 5.41) is 7.04. The molecule has 13 rings (SSSR count). The molecule has 3 heteroatoms. The zero-order chi connectivity index (χ0) is 49.2. The van der Waals surface area contributed by atoms with E-state index in [4.69, 9.17) is 15.0 Å². The molecular weight excluding hydrogens is 895 g/mol. The molecule has 0 atom stereocenters. The molecular formula is C71H49N3. The molecule has 348 valence electrons. The number of rotatable bonds is 9. The molecule has 2 aliphatic carbocycles. The van der Waals surface area contributed by atoms with E-state index in [0.29, 0.717) is 0 Å². The Hall–Kier alpha value is -9.57. The number of allylic oxidation sites excluding steroid dienone is 8. The predicted molar refractivity (Wildman–Crippen MR) is 311 cm³/mol. The minimum Gasteiger partial charge on any atom is -0.256 e. The molecule has 0 fully saturated rings. The lowest BCUT2D eigenvalue weighted by Crippen LogP contribution is -2.27. The number of aromatic nitrogens is 3. The number of fused-ring (bicyclic) bond motifs is 3. The molecule has 0 radical (unpaired) electrons. The summed E-state index contributed by atoms with van der Waals surface area (Å²) >= 11 is 0. The molecule has 8 aromatic carbocycles. The second-order valence-corrected chi connectivity index (χ2v) is 18.9. The van der Waals surface area contributed by atoms with E-state index in [1.54, 1.807) is 0 Å². The Morgan fingerprint density at radius 2 is 0.730 bits per heavy atom. The summed E-state index contributed by atoms with van der Waals surface area (Å²) < 4.78 is 0. The van der Waals surface area contributed by atoms with Gasteiger partial charge in [0, 0.05) is 51.3 Å². The van der Waals surface area contributed by atoms with E-state index in [9.17, 15) is 0 Å². The lowest BCUT2D eigenvalue weighted by atomic mass is 9.86. The van der Waals surface area contributed by atoms with Crippen molar-refractivity contribution in [3.63, 3.8) is 0 Å². The first-order valence-electron chi connectivity index (χ1n) is 25.4. The summed E-state index contributed by atoms with van der Waals surface area (Å²) in [7, 11) is 0. The monoisotopic (exact) mass is 943 g/mol. The van der Waals surface area contributed by atoms with Crippen LogP contribution < -0.4 is 10.4 Å². The van der Waals surface area contributed by atoms with Gasteiger partial charge in [0.05, 0.1) is 17.1 Å². The van der Waals surface area contributed by atoms with Crippen LogP contribution in [0.1, 0.15) is 24.0 Å². The smallest absolute Gasteiger partial charge is 0.0780 e. The van der Waals surface area contributed by atoms with Crippen molar-refractivity contribution in [2.45, 2.75) is 12.8 Å². The highest BCUT2D eigenvalue weighted by atomic mass is 14.7.